The van der Waals surface area contributed by atoms with Crippen molar-refractivity contribution < 1.29 is 4.79 Å². The SMILES string of the molecule is CC(=O)SCCC=Cc1cnn(C)c1. The summed E-state index contributed by atoms with van der Waals surface area (Å²) in [4.78, 5) is 10.6. The third-order valence-electron chi connectivity index (χ3n) is 1.62. The van der Waals surface area contributed by atoms with Crippen molar-refractivity contribution in [1.29, 1.82) is 0 Å². The van der Waals surface area contributed by atoms with Crippen molar-refractivity contribution >= 4 is 23.0 Å². The first-order valence-corrected chi connectivity index (χ1v) is 5.45. The highest BCUT2D eigenvalue weighted by atomic mass is 32.2. The second-order valence-electron chi connectivity index (χ2n) is 2.98. The number of nitrogens with zero attached hydrogens (tertiary/aromatic N) is 2. The highest BCUT2D eigenvalue weighted by molar-refractivity contribution is 8.13. The molecule has 0 aromatic carbocycles. The second-order valence-corrected chi connectivity index (χ2v) is 4.25. The minimum absolute atomic E-state index is 0.180. The molecule has 3 nitrogen and oxygen atoms in total. The van der Waals surface area contributed by atoms with Crippen LogP contribution in [-0.2, 0) is 11.8 Å². The number of rotatable bonds is 4. The molecule has 1 rings (SSSR count). The van der Waals surface area contributed by atoms with Crippen LogP contribution in [0.25, 0.3) is 6.08 Å². The Hall–Kier alpha value is -1.03. The molecule has 0 spiro atoms. The molecule has 0 amide bonds. The first-order chi connectivity index (χ1) is 6.68. The lowest BCUT2D eigenvalue weighted by Gasteiger charge is -1.90. The van der Waals surface area contributed by atoms with Crippen LogP contribution in [0.5, 0.6) is 0 Å². The molecule has 0 fully saturated rings. The summed E-state index contributed by atoms with van der Waals surface area (Å²) in [6, 6.07) is 0. The van der Waals surface area contributed by atoms with Gasteiger partial charge in [-0.1, -0.05) is 23.9 Å². The van der Waals surface area contributed by atoms with Crippen molar-refractivity contribution in [3.63, 3.8) is 0 Å². The Kier molecular flexibility index (Phi) is 4.46. The maximum Gasteiger partial charge on any atom is 0.185 e. The zero-order valence-electron chi connectivity index (χ0n) is 8.43. The number of carbonyl (C=O) groups is 1. The quantitative estimate of drug-likeness (QED) is 0.714. The van der Waals surface area contributed by atoms with Crippen molar-refractivity contribution in [3.05, 3.63) is 24.0 Å². The number of aromatic nitrogens is 2. The average molecular weight is 210 g/mol. The molecular weight excluding hydrogens is 196 g/mol. The third kappa shape index (κ3) is 4.28. The van der Waals surface area contributed by atoms with Crippen LogP contribution in [-0.4, -0.2) is 20.6 Å². The molecule has 0 N–H and O–H groups in total. The Labute approximate surface area is 88.2 Å². The van der Waals surface area contributed by atoms with Crippen LogP contribution in [0.15, 0.2) is 18.5 Å². The van der Waals surface area contributed by atoms with Crippen molar-refractivity contribution in [2.75, 3.05) is 5.75 Å². The molecule has 76 valence electrons. The van der Waals surface area contributed by atoms with Crippen LogP contribution in [0.4, 0.5) is 0 Å². The van der Waals surface area contributed by atoms with Gasteiger partial charge in [0.05, 0.1) is 6.20 Å². The predicted octanol–water partition coefficient (Wildman–Crippen LogP) is 2.10. The van der Waals surface area contributed by atoms with Gasteiger partial charge in [-0.2, -0.15) is 5.10 Å². The normalized spacial score (nSPS) is 11.0. The van der Waals surface area contributed by atoms with E-state index in [0.717, 1.165) is 17.7 Å². The van der Waals surface area contributed by atoms with E-state index in [-0.39, 0.29) is 5.12 Å². The lowest BCUT2D eigenvalue weighted by atomic mass is 10.3. The van der Waals surface area contributed by atoms with E-state index in [1.807, 2.05) is 25.5 Å². The fourth-order valence-corrected chi connectivity index (χ4v) is 1.56. The number of aryl methyl sites for hydroxylation is 1. The molecule has 0 atom stereocenters. The van der Waals surface area contributed by atoms with Gasteiger partial charge in [0.25, 0.3) is 0 Å². The van der Waals surface area contributed by atoms with Gasteiger partial charge in [0.15, 0.2) is 5.12 Å². The van der Waals surface area contributed by atoms with E-state index in [1.165, 1.54) is 11.8 Å². The number of hydrogen-bond donors (Lipinski definition) is 0. The second kappa shape index (κ2) is 5.65. The molecular formula is C10H14N2OS. The van der Waals surface area contributed by atoms with Crippen molar-refractivity contribution in [3.8, 4) is 0 Å². The zero-order valence-corrected chi connectivity index (χ0v) is 9.25. The first-order valence-electron chi connectivity index (χ1n) is 4.47. The molecule has 0 saturated heterocycles. The minimum Gasteiger partial charge on any atom is -0.288 e. The molecule has 14 heavy (non-hydrogen) atoms. The van der Waals surface area contributed by atoms with Gasteiger partial charge < -0.3 is 0 Å². The van der Waals surface area contributed by atoms with Gasteiger partial charge >= 0.3 is 0 Å². The molecule has 4 heteroatoms. The maximum absolute atomic E-state index is 10.6. The summed E-state index contributed by atoms with van der Waals surface area (Å²) in [5.41, 5.74) is 1.10. The molecule has 0 radical (unpaired) electrons. The van der Waals surface area contributed by atoms with E-state index in [2.05, 4.69) is 11.2 Å². The monoisotopic (exact) mass is 210 g/mol. The molecule has 0 aliphatic rings. The lowest BCUT2D eigenvalue weighted by molar-refractivity contribution is -0.109. The zero-order chi connectivity index (χ0) is 10.4. The highest BCUT2D eigenvalue weighted by Gasteiger charge is 1.92. The summed E-state index contributed by atoms with van der Waals surface area (Å²) in [5.74, 6) is 0.853. The van der Waals surface area contributed by atoms with Crippen LogP contribution in [0.2, 0.25) is 0 Å². The standard InChI is InChI=1S/C10H14N2OS/c1-9(13)14-6-4-3-5-10-7-11-12(2)8-10/h3,5,7-8H,4,6H2,1-2H3. The largest absolute Gasteiger partial charge is 0.288 e. The van der Waals surface area contributed by atoms with E-state index < -0.39 is 0 Å². The van der Waals surface area contributed by atoms with Gasteiger partial charge in [-0.25, -0.2) is 0 Å². The Morgan fingerprint density at radius 2 is 2.50 bits per heavy atom. The summed E-state index contributed by atoms with van der Waals surface area (Å²) in [5, 5.41) is 4.23. The van der Waals surface area contributed by atoms with E-state index in [1.54, 1.807) is 11.6 Å². The van der Waals surface area contributed by atoms with Crippen LogP contribution < -0.4 is 0 Å². The molecule has 1 aromatic heterocycles. The Bertz CT molecular complexity index is 331. The maximum atomic E-state index is 10.6. The lowest BCUT2D eigenvalue weighted by Crippen LogP contribution is -1.84. The predicted molar refractivity (Wildman–Crippen MR) is 60.0 cm³/mol. The summed E-state index contributed by atoms with van der Waals surface area (Å²) >= 11 is 1.36. The van der Waals surface area contributed by atoms with Crippen LogP contribution in [0.1, 0.15) is 18.9 Å². The Morgan fingerprint density at radius 1 is 1.71 bits per heavy atom. The Morgan fingerprint density at radius 3 is 3.07 bits per heavy atom. The molecule has 0 bridgehead atoms. The van der Waals surface area contributed by atoms with Crippen molar-refractivity contribution in [2.45, 2.75) is 13.3 Å². The summed E-state index contributed by atoms with van der Waals surface area (Å²) in [6.45, 7) is 1.59. The molecule has 0 saturated carbocycles. The fourth-order valence-electron chi connectivity index (χ4n) is 1.02. The van der Waals surface area contributed by atoms with Gasteiger partial charge in [0.2, 0.25) is 0 Å². The molecule has 1 heterocycles. The summed E-state index contributed by atoms with van der Waals surface area (Å²) in [7, 11) is 1.89. The number of carbonyl (C=O) groups excluding carboxylic acids is 1. The first kappa shape index (κ1) is 11.0. The van der Waals surface area contributed by atoms with Crippen molar-refractivity contribution in [2.24, 2.45) is 7.05 Å². The van der Waals surface area contributed by atoms with Crippen LogP contribution in [0.3, 0.4) is 0 Å². The van der Waals surface area contributed by atoms with Crippen LogP contribution >= 0.6 is 11.8 Å². The third-order valence-corrected chi connectivity index (χ3v) is 2.47. The van der Waals surface area contributed by atoms with E-state index >= 15 is 0 Å². The number of allylic oxidation sites excluding steroid dienone is 1. The van der Waals surface area contributed by atoms with Gasteiger partial charge in [-0.05, 0) is 6.42 Å². The van der Waals surface area contributed by atoms with Gasteiger partial charge in [0.1, 0.15) is 0 Å². The molecule has 0 aliphatic heterocycles. The smallest absolute Gasteiger partial charge is 0.185 e. The van der Waals surface area contributed by atoms with Gasteiger partial charge in [-0.15, -0.1) is 0 Å². The highest BCUT2D eigenvalue weighted by Crippen LogP contribution is 2.05. The number of hydrogen-bond acceptors (Lipinski definition) is 3. The topological polar surface area (TPSA) is 34.9 Å². The van der Waals surface area contributed by atoms with Gasteiger partial charge in [-0.3, -0.25) is 9.48 Å². The van der Waals surface area contributed by atoms with E-state index in [4.69, 9.17) is 0 Å². The Balaban J connectivity index is 2.24. The van der Waals surface area contributed by atoms with E-state index in [0.29, 0.717) is 0 Å². The van der Waals surface area contributed by atoms with E-state index in [9.17, 15) is 4.79 Å². The number of thioether (sulfide) groups is 1. The fraction of sp³-hybridized carbons (Fsp3) is 0.400. The van der Waals surface area contributed by atoms with Gasteiger partial charge in [0, 0.05) is 31.5 Å². The molecule has 1 aromatic rings. The summed E-state index contributed by atoms with van der Waals surface area (Å²) in [6.07, 6.45) is 8.77. The average Bonchev–Trinajstić information content (AvgIpc) is 2.50. The summed E-state index contributed by atoms with van der Waals surface area (Å²) < 4.78 is 1.77. The minimum atomic E-state index is 0.180. The van der Waals surface area contributed by atoms with Crippen molar-refractivity contribution in [1.82, 2.24) is 9.78 Å². The van der Waals surface area contributed by atoms with Crippen LogP contribution in [0, 0.1) is 0 Å². The molecule has 0 aliphatic carbocycles. The molecule has 0 unspecified atom stereocenters.